The van der Waals surface area contributed by atoms with Crippen LogP contribution in [0, 0.1) is 12.7 Å². The fourth-order valence-electron chi connectivity index (χ4n) is 1.87. The van der Waals surface area contributed by atoms with Crippen molar-refractivity contribution in [1.29, 1.82) is 0 Å². The van der Waals surface area contributed by atoms with Gasteiger partial charge in [0.05, 0.1) is 0 Å². The van der Waals surface area contributed by atoms with E-state index < -0.39 is 0 Å². The van der Waals surface area contributed by atoms with Crippen molar-refractivity contribution < 1.29 is 4.39 Å². The number of aromatic nitrogens is 5. The molecule has 2 N–H and O–H groups in total. The first-order valence-electron chi connectivity index (χ1n) is 5.79. The molecule has 0 aliphatic heterocycles. The molecule has 3 aromatic rings. The average Bonchev–Trinajstić information content (AvgIpc) is 2.82. The normalized spacial score (nSPS) is 11.2. The van der Waals surface area contributed by atoms with Crippen molar-refractivity contribution in [3.8, 4) is 11.4 Å². The summed E-state index contributed by atoms with van der Waals surface area (Å²) in [6.45, 7) is 1.80. The minimum Gasteiger partial charge on any atom is -0.368 e. The van der Waals surface area contributed by atoms with Gasteiger partial charge in [-0.2, -0.15) is 19.5 Å². The number of nitrogen functional groups attached to an aromatic ring is 1. The Morgan fingerprint density at radius 1 is 1.25 bits per heavy atom. The highest BCUT2D eigenvalue weighted by molar-refractivity contribution is 7.98. The average molecular weight is 290 g/mol. The first-order chi connectivity index (χ1) is 9.58. The second-order valence-corrected chi connectivity index (χ2v) is 4.95. The highest BCUT2D eigenvalue weighted by Gasteiger charge is 2.13. The molecule has 8 heteroatoms. The van der Waals surface area contributed by atoms with Crippen molar-refractivity contribution >= 4 is 23.5 Å². The summed E-state index contributed by atoms with van der Waals surface area (Å²) < 4.78 is 14.5. The molecule has 0 unspecified atom stereocenters. The summed E-state index contributed by atoms with van der Waals surface area (Å²) in [5.74, 6) is 0.749. The van der Waals surface area contributed by atoms with Crippen LogP contribution in [0.2, 0.25) is 0 Å². The molecule has 0 atom stereocenters. The van der Waals surface area contributed by atoms with Crippen LogP contribution in [0.3, 0.4) is 0 Å². The molecule has 0 aliphatic carbocycles. The lowest BCUT2D eigenvalue weighted by Gasteiger charge is -2.00. The number of fused-ring (bicyclic) bond motifs is 1. The summed E-state index contributed by atoms with van der Waals surface area (Å²) in [6, 6.07) is 4.44. The predicted molar refractivity (Wildman–Crippen MR) is 74.9 cm³/mol. The first kappa shape index (κ1) is 12.8. The molecule has 0 saturated carbocycles. The Morgan fingerprint density at radius 3 is 2.75 bits per heavy atom. The Hall–Kier alpha value is -2.22. The number of nitrogens with two attached hydrogens (primary N) is 1. The molecule has 2 aromatic heterocycles. The highest BCUT2D eigenvalue weighted by atomic mass is 32.2. The topological polar surface area (TPSA) is 82.0 Å². The van der Waals surface area contributed by atoms with Crippen molar-refractivity contribution in [2.45, 2.75) is 12.1 Å². The number of benzene rings is 1. The molecule has 0 saturated heterocycles. The van der Waals surface area contributed by atoms with Gasteiger partial charge in [0, 0.05) is 5.56 Å². The van der Waals surface area contributed by atoms with Gasteiger partial charge in [-0.1, -0.05) is 11.8 Å². The Labute approximate surface area is 118 Å². The number of aryl methyl sites for hydroxylation is 1. The fourth-order valence-corrected chi connectivity index (χ4v) is 2.23. The van der Waals surface area contributed by atoms with Gasteiger partial charge in [-0.25, -0.2) is 4.39 Å². The zero-order chi connectivity index (χ0) is 14.3. The molecule has 0 amide bonds. The predicted octanol–water partition coefficient (Wildman–Crippen LogP) is 1.94. The monoisotopic (exact) mass is 290 g/mol. The Balaban J connectivity index is 2.20. The zero-order valence-corrected chi connectivity index (χ0v) is 11.6. The summed E-state index contributed by atoms with van der Waals surface area (Å²) in [6.07, 6.45) is 1.85. The van der Waals surface area contributed by atoms with Crippen LogP contribution in [0.25, 0.3) is 17.2 Å². The van der Waals surface area contributed by atoms with Crippen molar-refractivity contribution in [1.82, 2.24) is 24.6 Å². The van der Waals surface area contributed by atoms with Gasteiger partial charge in [0.15, 0.2) is 11.0 Å². The highest BCUT2D eigenvalue weighted by Crippen LogP contribution is 2.22. The van der Waals surface area contributed by atoms with E-state index in [1.54, 1.807) is 13.0 Å². The molecule has 1 aromatic carbocycles. The third-order valence-corrected chi connectivity index (χ3v) is 3.37. The fraction of sp³-hybridized carbons (Fsp3) is 0.167. The van der Waals surface area contributed by atoms with Gasteiger partial charge < -0.3 is 5.73 Å². The Morgan fingerprint density at radius 2 is 2.05 bits per heavy atom. The third-order valence-electron chi connectivity index (χ3n) is 2.82. The smallest absolute Gasteiger partial charge is 0.258 e. The molecular weight excluding hydrogens is 279 g/mol. The first-order valence-corrected chi connectivity index (χ1v) is 7.02. The molecule has 0 radical (unpaired) electrons. The molecular formula is C12H11FN6S. The number of hydrogen-bond donors (Lipinski definition) is 1. The number of rotatable bonds is 2. The molecule has 2 heterocycles. The summed E-state index contributed by atoms with van der Waals surface area (Å²) in [5.41, 5.74) is 7.31. The Bertz CT molecular complexity index is 800. The van der Waals surface area contributed by atoms with Gasteiger partial charge in [-0.05, 0) is 36.9 Å². The van der Waals surface area contributed by atoms with E-state index in [9.17, 15) is 4.39 Å². The number of anilines is 1. The van der Waals surface area contributed by atoms with E-state index in [1.165, 1.54) is 28.4 Å². The van der Waals surface area contributed by atoms with E-state index in [4.69, 9.17) is 5.73 Å². The van der Waals surface area contributed by atoms with Gasteiger partial charge in [-0.3, -0.25) is 0 Å². The quantitative estimate of drug-likeness (QED) is 0.726. The molecule has 0 spiro atoms. The zero-order valence-electron chi connectivity index (χ0n) is 10.8. The second kappa shape index (κ2) is 4.71. The Kier molecular flexibility index (Phi) is 3.01. The number of hydrogen-bond acceptors (Lipinski definition) is 6. The van der Waals surface area contributed by atoms with Crippen molar-refractivity contribution in [3.05, 3.63) is 29.6 Å². The molecule has 20 heavy (non-hydrogen) atoms. The van der Waals surface area contributed by atoms with Crippen LogP contribution in [-0.4, -0.2) is 30.8 Å². The molecule has 6 nitrogen and oxygen atoms in total. The van der Waals surface area contributed by atoms with Gasteiger partial charge >= 0.3 is 0 Å². The van der Waals surface area contributed by atoms with Gasteiger partial charge in [0.2, 0.25) is 5.95 Å². The molecule has 102 valence electrons. The van der Waals surface area contributed by atoms with Gasteiger partial charge in [0.1, 0.15) is 5.82 Å². The van der Waals surface area contributed by atoms with Crippen LogP contribution in [0.1, 0.15) is 5.56 Å². The van der Waals surface area contributed by atoms with Gasteiger partial charge in [-0.15, -0.1) is 5.10 Å². The number of halogens is 1. The van der Waals surface area contributed by atoms with E-state index in [0.29, 0.717) is 16.8 Å². The molecule has 3 rings (SSSR count). The van der Waals surface area contributed by atoms with Crippen LogP contribution in [0.5, 0.6) is 0 Å². The second-order valence-electron chi connectivity index (χ2n) is 4.17. The van der Waals surface area contributed by atoms with Crippen LogP contribution >= 0.6 is 11.8 Å². The lowest BCUT2D eigenvalue weighted by atomic mass is 10.1. The van der Waals surface area contributed by atoms with Crippen LogP contribution in [0.15, 0.2) is 23.4 Å². The van der Waals surface area contributed by atoms with E-state index in [0.717, 1.165) is 11.1 Å². The molecule has 0 aliphatic rings. The lowest BCUT2D eigenvalue weighted by molar-refractivity contribution is 0.627. The number of nitrogens with zero attached hydrogens (tertiary/aromatic N) is 5. The SMILES string of the molecule is CSc1nc(N)n2nc(-c3ccc(F)cc3C)nc2n1. The summed E-state index contributed by atoms with van der Waals surface area (Å²) in [7, 11) is 0. The summed E-state index contributed by atoms with van der Waals surface area (Å²) in [4.78, 5) is 12.7. The van der Waals surface area contributed by atoms with Crippen molar-refractivity contribution in [2.24, 2.45) is 0 Å². The van der Waals surface area contributed by atoms with Crippen molar-refractivity contribution in [3.63, 3.8) is 0 Å². The standard InChI is InChI=1S/C12H11FN6S/c1-6-5-7(13)3-4-8(6)9-15-11-17-12(20-2)16-10(14)19(11)18-9/h3-5H,1-2H3,(H2,14,15,16,17,18). The third kappa shape index (κ3) is 2.07. The summed E-state index contributed by atoms with van der Waals surface area (Å²) >= 11 is 1.38. The molecule has 0 fully saturated rings. The molecule has 0 bridgehead atoms. The van der Waals surface area contributed by atoms with E-state index in [1.807, 2.05) is 6.26 Å². The minimum absolute atomic E-state index is 0.220. The minimum atomic E-state index is -0.293. The maximum atomic E-state index is 13.1. The van der Waals surface area contributed by atoms with Crippen LogP contribution < -0.4 is 5.73 Å². The maximum Gasteiger partial charge on any atom is 0.258 e. The largest absolute Gasteiger partial charge is 0.368 e. The number of thioether (sulfide) groups is 1. The van der Waals surface area contributed by atoms with E-state index >= 15 is 0 Å². The summed E-state index contributed by atoms with van der Waals surface area (Å²) in [5, 5.41) is 4.80. The maximum absolute atomic E-state index is 13.1. The lowest BCUT2D eigenvalue weighted by Crippen LogP contribution is -2.04. The van der Waals surface area contributed by atoms with E-state index in [2.05, 4.69) is 20.1 Å². The van der Waals surface area contributed by atoms with Gasteiger partial charge in [0.25, 0.3) is 5.78 Å². The van der Waals surface area contributed by atoms with E-state index in [-0.39, 0.29) is 11.8 Å². The van der Waals surface area contributed by atoms with Crippen LogP contribution in [0.4, 0.5) is 10.3 Å². The van der Waals surface area contributed by atoms with Crippen molar-refractivity contribution in [2.75, 3.05) is 12.0 Å². The van der Waals surface area contributed by atoms with Crippen LogP contribution in [-0.2, 0) is 0 Å².